The van der Waals surface area contributed by atoms with Crippen molar-refractivity contribution in [3.8, 4) is 17.2 Å². The van der Waals surface area contributed by atoms with E-state index in [1.165, 1.54) is 0 Å². The lowest BCUT2D eigenvalue weighted by Gasteiger charge is -2.28. The summed E-state index contributed by atoms with van der Waals surface area (Å²) in [5, 5.41) is 1.15. The predicted octanol–water partition coefficient (Wildman–Crippen LogP) is 5.64. The summed E-state index contributed by atoms with van der Waals surface area (Å²) in [4.78, 5) is 34.2. The Morgan fingerprint density at radius 1 is 0.786 bits per heavy atom. The average Bonchev–Trinajstić information content (AvgIpc) is 3.44. The van der Waals surface area contributed by atoms with E-state index in [2.05, 4.69) is 18.0 Å². The minimum absolute atomic E-state index is 0.0240. The Morgan fingerprint density at radius 2 is 1.52 bits per heavy atom. The van der Waals surface area contributed by atoms with Gasteiger partial charge in [-0.2, -0.15) is 0 Å². The Balaban J connectivity index is 1.54. The number of hydrogen-bond donors (Lipinski definition) is 1. The van der Waals surface area contributed by atoms with Crippen molar-refractivity contribution in [2.45, 2.75) is 39.2 Å². The van der Waals surface area contributed by atoms with Gasteiger partial charge >= 0.3 is 0 Å². The van der Waals surface area contributed by atoms with Gasteiger partial charge in [-0.3, -0.25) is 9.59 Å². The van der Waals surface area contributed by atoms with Gasteiger partial charge in [0.15, 0.2) is 11.5 Å². The number of rotatable bonds is 15. The first kappa shape index (κ1) is 30.5. The van der Waals surface area contributed by atoms with Gasteiger partial charge in [0.25, 0.3) is 0 Å². The second-order valence-corrected chi connectivity index (χ2v) is 10.3. The van der Waals surface area contributed by atoms with Crippen LogP contribution in [0.2, 0.25) is 0 Å². The van der Waals surface area contributed by atoms with Crippen LogP contribution in [-0.2, 0) is 29.0 Å². The highest BCUT2D eigenvalue weighted by Gasteiger charge is 2.22. The van der Waals surface area contributed by atoms with Gasteiger partial charge in [-0.25, -0.2) is 0 Å². The maximum atomic E-state index is 13.9. The van der Waals surface area contributed by atoms with Crippen molar-refractivity contribution in [1.82, 2.24) is 14.8 Å². The van der Waals surface area contributed by atoms with E-state index in [9.17, 15) is 9.59 Å². The second-order valence-electron chi connectivity index (χ2n) is 10.3. The molecule has 1 N–H and O–H groups in total. The van der Waals surface area contributed by atoms with Crippen molar-refractivity contribution in [3.63, 3.8) is 0 Å². The van der Waals surface area contributed by atoms with Crippen molar-refractivity contribution in [1.29, 1.82) is 0 Å². The van der Waals surface area contributed by atoms with Gasteiger partial charge in [0, 0.05) is 36.7 Å². The van der Waals surface area contributed by atoms with E-state index >= 15 is 0 Å². The summed E-state index contributed by atoms with van der Waals surface area (Å²) in [6.45, 7) is 3.53. The minimum Gasteiger partial charge on any atom is -0.497 e. The van der Waals surface area contributed by atoms with Crippen LogP contribution in [0.25, 0.3) is 10.9 Å². The Labute approximate surface area is 248 Å². The minimum atomic E-state index is -0.0937. The molecule has 0 aliphatic heterocycles. The molecule has 1 heterocycles. The van der Waals surface area contributed by atoms with Gasteiger partial charge in [0.05, 0.1) is 34.3 Å². The molecule has 4 aromatic rings. The smallest absolute Gasteiger partial charge is 0.242 e. The zero-order valence-corrected chi connectivity index (χ0v) is 25.0. The lowest BCUT2D eigenvalue weighted by molar-refractivity contribution is -0.140. The molecule has 0 spiro atoms. The highest BCUT2D eigenvalue weighted by molar-refractivity contribution is 5.86. The Bertz CT molecular complexity index is 1460. The third-order valence-electron chi connectivity index (χ3n) is 7.47. The van der Waals surface area contributed by atoms with Crippen LogP contribution in [0.5, 0.6) is 17.2 Å². The second kappa shape index (κ2) is 15.0. The predicted molar refractivity (Wildman–Crippen MR) is 165 cm³/mol. The zero-order chi connectivity index (χ0) is 29.9. The van der Waals surface area contributed by atoms with Crippen LogP contribution in [0.4, 0.5) is 0 Å². The number of fused-ring (bicyclic) bond motifs is 1. The van der Waals surface area contributed by atoms with E-state index < -0.39 is 0 Å². The molecule has 3 aromatic carbocycles. The molecule has 2 amide bonds. The average molecular weight is 572 g/mol. The summed E-state index contributed by atoms with van der Waals surface area (Å²) >= 11 is 0. The number of hydrogen-bond acceptors (Lipinski definition) is 5. The maximum Gasteiger partial charge on any atom is 0.242 e. The third kappa shape index (κ3) is 7.84. The monoisotopic (exact) mass is 571 g/mol. The van der Waals surface area contributed by atoms with Gasteiger partial charge < -0.3 is 29.0 Å². The molecular formula is C34H41N3O5. The highest BCUT2D eigenvalue weighted by atomic mass is 16.5. The summed E-state index contributed by atoms with van der Waals surface area (Å²) in [7, 11) is 4.81. The highest BCUT2D eigenvalue weighted by Crippen LogP contribution is 2.28. The number of carbonyl (C=O) groups excluding carboxylic acids is 2. The molecule has 0 atom stereocenters. The van der Waals surface area contributed by atoms with Crippen LogP contribution in [0.1, 0.15) is 36.5 Å². The fourth-order valence-corrected chi connectivity index (χ4v) is 5.02. The number of nitrogens with one attached hydrogen (secondary N) is 1. The van der Waals surface area contributed by atoms with Crippen molar-refractivity contribution in [2.24, 2.45) is 0 Å². The van der Waals surface area contributed by atoms with Gasteiger partial charge in [0.2, 0.25) is 11.8 Å². The molecule has 8 heteroatoms. The molecule has 0 aliphatic carbocycles. The Hall–Kier alpha value is -4.46. The van der Waals surface area contributed by atoms with Gasteiger partial charge in [0.1, 0.15) is 5.75 Å². The molecule has 0 saturated carbocycles. The number of carbonyl (C=O) groups is 2. The summed E-state index contributed by atoms with van der Waals surface area (Å²) in [6.07, 6.45) is 4.67. The topological polar surface area (TPSA) is 84.1 Å². The first-order chi connectivity index (χ1) is 20.4. The lowest BCUT2D eigenvalue weighted by Crippen LogP contribution is -2.44. The standard InChI is InChI=1S/C34H41N3O5/c1-5-6-18-36(33(38)21-25-11-14-28(40-2)15-12-25)24-34(39)37(23-26-13-16-31(41-3)32(20-26)42-4)19-17-27-22-35-30-10-8-7-9-29(27)30/h7-16,20,22,35H,5-6,17-19,21,23-24H2,1-4H3. The van der Waals surface area contributed by atoms with E-state index in [4.69, 9.17) is 14.2 Å². The van der Waals surface area contributed by atoms with Crippen molar-refractivity contribution >= 4 is 22.7 Å². The van der Waals surface area contributed by atoms with Crippen LogP contribution in [0.15, 0.2) is 72.9 Å². The number of methoxy groups -OCH3 is 3. The van der Waals surface area contributed by atoms with Gasteiger partial charge in [-0.1, -0.05) is 49.7 Å². The van der Waals surface area contributed by atoms with Crippen LogP contribution in [0, 0.1) is 0 Å². The summed E-state index contributed by atoms with van der Waals surface area (Å²) in [5.74, 6) is 1.82. The number of para-hydroxylation sites is 1. The number of unbranched alkanes of at least 4 members (excludes halogenated alkanes) is 1. The van der Waals surface area contributed by atoms with E-state index in [1.54, 1.807) is 26.2 Å². The molecular weight excluding hydrogens is 530 g/mol. The van der Waals surface area contributed by atoms with E-state index in [1.807, 2.05) is 71.8 Å². The molecule has 222 valence electrons. The molecule has 0 fully saturated rings. The van der Waals surface area contributed by atoms with E-state index in [0.29, 0.717) is 37.6 Å². The Morgan fingerprint density at radius 3 is 2.24 bits per heavy atom. The van der Waals surface area contributed by atoms with Crippen LogP contribution in [0.3, 0.4) is 0 Å². The number of nitrogens with zero attached hydrogens (tertiary/aromatic N) is 2. The zero-order valence-electron chi connectivity index (χ0n) is 25.0. The molecule has 0 unspecified atom stereocenters. The molecule has 42 heavy (non-hydrogen) atoms. The summed E-state index contributed by atoms with van der Waals surface area (Å²) in [6, 6.07) is 21.3. The quantitative estimate of drug-likeness (QED) is 0.200. The van der Waals surface area contributed by atoms with Crippen LogP contribution < -0.4 is 14.2 Å². The number of benzene rings is 3. The normalized spacial score (nSPS) is 10.9. The fraction of sp³-hybridized carbons (Fsp3) is 0.353. The first-order valence-electron chi connectivity index (χ1n) is 14.4. The first-order valence-corrected chi connectivity index (χ1v) is 14.4. The SMILES string of the molecule is CCCCN(CC(=O)N(CCc1c[nH]c2ccccc12)Cc1ccc(OC)c(OC)c1)C(=O)Cc1ccc(OC)cc1. The molecule has 0 radical (unpaired) electrons. The van der Waals surface area contributed by atoms with E-state index in [0.717, 1.165) is 46.2 Å². The van der Waals surface area contributed by atoms with Crippen molar-refractivity contribution in [2.75, 3.05) is 41.0 Å². The molecule has 0 saturated heterocycles. The number of aromatic nitrogens is 1. The van der Waals surface area contributed by atoms with Crippen molar-refractivity contribution in [3.05, 3.63) is 89.6 Å². The van der Waals surface area contributed by atoms with Gasteiger partial charge in [-0.15, -0.1) is 0 Å². The molecule has 8 nitrogen and oxygen atoms in total. The van der Waals surface area contributed by atoms with Crippen LogP contribution in [-0.4, -0.2) is 67.6 Å². The molecule has 1 aromatic heterocycles. The van der Waals surface area contributed by atoms with Gasteiger partial charge in [-0.05, 0) is 59.9 Å². The third-order valence-corrected chi connectivity index (χ3v) is 7.47. The molecule has 0 aliphatic rings. The molecule has 4 rings (SSSR count). The lowest BCUT2D eigenvalue weighted by atomic mass is 10.1. The maximum absolute atomic E-state index is 13.9. The summed E-state index contributed by atoms with van der Waals surface area (Å²) in [5.41, 5.74) is 4.02. The fourth-order valence-electron chi connectivity index (χ4n) is 5.02. The summed E-state index contributed by atoms with van der Waals surface area (Å²) < 4.78 is 16.1. The number of amides is 2. The van der Waals surface area contributed by atoms with Crippen LogP contribution >= 0.6 is 0 Å². The van der Waals surface area contributed by atoms with Crippen molar-refractivity contribution < 1.29 is 23.8 Å². The van der Waals surface area contributed by atoms with E-state index in [-0.39, 0.29) is 24.8 Å². The Kier molecular flexibility index (Phi) is 10.9. The largest absolute Gasteiger partial charge is 0.497 e. The number of aromatic amines is 1. The number of H-pyrrole nitrogens is 1. The molecule has 0 bridgehead atoms. The number of ether oxygens (including phenoxy) is 3.